The fourth-order valence-electron chi connectivity index (χ4n) is 2.39. The molecular formula is C20H20N2O2S. The van der Waals surface area contributed by atoms with Crippen molar-refractivity contribution in [3.8, 4) is 0 Å². The van der Waals surface area contributed by atoms with Crippen molar-refractivity contribution in [3.05, 3.63) is 78.8 Å². The third-order valence-corrected chi connectivity index (χ3v) is 4.73. The van der Waals surface area contributed by atoms with Crippen LogP contribution in [0.15, 0.2) is 87.2 Å². The Morgan fingerprint density at radius 2 is 1.80 bits per heavy atom. The SMILES string of the molecule is CC(NC(=O)CNc1ccccc1Sc1ccccc1)c1ccco1. The fraction of sp³-hybridized carbons (Fsp3) is 0.150. The van der Waals surface area contributed by atoms with Crippen LogP contribution in [0.1, 0.15) is 18.7 Å². The predicted molar refractivity (Wildman–Crippen MR) is 101 cm³/mol. The number of amides is 1. The van der Waals surface area contributed by atoms with Crippen LogP contribution in [0.3, 0.4) is 0 Å². The maximum atomic E-state index is 12.2. The van der Waals surface area contributed by atoms with Crippen molar-refractivity contribution in [3.63, 3.8) is 0 Å². The van der Waals surface area contributed by atoms with E-state index < -0.39 is 0 Å². The minimum absolute atomic E-state index is 0.0802. The van der Waals surface area contributed by atoms with Gasteiger partial charge in [-0.1, -0.05) is 42.1 Å². The van der Waals surface area contributed by atoms with E-state index in [9.17, 15) is 4.79 Å². The molecule has 25 heavy (non-hydrogen) atoms. The molecule has 0 aliphatic heterocycles. The number of rotatable bonds is 7. The van der Waals surface area contributed by atoms with Gasteiger partial charge in [-0.2, -0.15) is 0 Å². The van der Waals surface area contributed by atoms with Gasteiger partial charge in [-0.05, 0) is 43.3 Å². The van der Waals surface area contributed by atoms with Gasteiger partial charge in [-0.25, -0.2) is 0 Å². The molecule has 3 rings (SSSR count). The Morgan fingerprint density at radius 1 is 1.04 bits per heavy atom. The zero-order valence-corrected chi connectivity index (χ0v) is 14.8. The van der Waals surface area contributed by atoms with Crippen molar-refractivity contribution in [1.82, 2.24) is 5.32 Å². The van der Waals surface area contributed by atoms with Gasteiger partial charge in [0, 0.05) is 15.5 Å². The first-order valence-corrected chi connectivity index (χ1v) is 8.92. The standard InChI is InChI=1S/C20H20N2O2S/c1-15(18-11-7-13-24-18)22-20(23)14-21-17-10-5-6-12-19(17)25-16-8-3-2-4-9-16/h2-13,15,21H,14H2,1H3,(H,22,23). The summed E-state index contributed by atoms with van der Waals surface area (Å²) in [5.74, 6) is 0.664. The molecule has 0 aliphatic rings. The second kappa shape index (κ2) is 8.44. The number of anilines is 1. The highest BCUT2D eigenvalue weighted by atomic mass is 32.2. The first-order valence-electron chi connectivity index (χ1n) is 8.11. The maximum absolute atomic E-state index is 12.2. The molecule has 5 heteroatoms. The van der Waals surface area contributed by atoms with Gasteiger partial charge in [0.15, 0.2) is 0 Å². The molecule has 0 saturated carbocycles. The first-order chi connectivity index (χ1) is 12.2. The molecule has 0 radical (unpaired) electrons. The molecule has 1 unspecified atom stereocenters. The van der Waals surface area contributed by atoms with E-state index in [2.05, 4.69) is 22.8 Å². The monoisotopic (exact) mass is 352 g/mol. The van der Waals surface area contributed by atoms with Crippen LogP contribution in [0.4, 0.5) is 5.69 Å². The van der Waals surface area contributed by atoms with E-state index in [0.717, 1.165) is 21.2 Å². The Bertz CT molecular complexity index is 804. The smallest absolute Gasteiger partial charge is 0.239 e. The Kier molecular flexibility index (Phi) is 5.80. The minimum Gasteiger partial charge on any atom is -0.467 e. The van der Waals surface area contributed by atoms with E-state index in [4.69, 9.17) is 4.42 Å². The molecule has 4 nitrogen and oxygen atoms in total. The summed E-state index contributed by atoms with van der Waals surface area (Å²) < 4.78 is 5.31. The maximum Gasteiger partial charge on any atom is 0.239 e. The van der Waals surface area contributed by atoms with Crippen LogP contribution < -0.4 is 10.6 Å². The highest BCUT2D eigenvalue weighted by molar-refractivity contribution is 7.99. The quantitative estimate of drug-likeness (QED) is 0.646. The van der Waals surface area contributed by atoms with E-state index in [0.29, 0.717) is 0 Å². The summed E-state index contributed by atoms with van der Waals surface area (Å²) in [4.78, 5) is 14.4. The molecule has 2 aromatic carbocycles. The van der Waals surface area contributed by atoms with E-state index in [-0.39, 0.29) is 18.5 Å². The van der Waals surface area contributed by atoms with Crippen LogP contribution in [0.5, 0.6) is 0 Å². The number of para-hydroxylation sites is 1. The zero-order chi connectivity index (χ0) is 17.5. The van der Waals surface area contributed by atoms with Crippen molar-refractivity contribution in [2.24, 2.45) is 0 Å². The lowest BCUT2D eigenvalue weighted by molar-refractivity contribution is -0.120. The van der Waals surface area contributed by atoms with Gasteiger partial charge in [0.05, 0.1) is 18.8 Å². The summed E-state index contributed by atoms with van der Waals surface area (Å²) in [6, 6.07) is 21.7. The third-order valence-electron chi connectivity index (χ3n) is 3.64. The van der Waals surface area contributed by atoms with E-state index >= 15 is 0 Å². The molecule has 0 fully saturated rings. The number of hydrogen-bond acceptors (Lipinski definition) is 4. The lowest BCUT2D eigenvalue weighted by atomic mass is 10.2. The molecule has 128 valence electrons. The number of benzene rings is 2. The molecule has 1 aromatic heterocycles. The van der Waals surface area contributed by atoms with E-state index in [1.54, 1.807) is 18.0 Å². The largest absolute Gasteiger partial charge is 0.467 e. The highest BCUT2D eigenvalue weighted by Gasteiger charge is 2.12. The molecule has 2 N–H and O–H groups in total. The van der Waals surface area contributed by atoms with Gasteiger partial charge in [0.25, 0.3) is 0 Å². The number of carbonyl (C=O) groups excluding carboxylic acids is 1. The second-order valence-electron chi connectivity index (χ2n) is 5.57. The third kappa shape index (κ3) is 4.90. The molecular weight excluding hydrogens is 332 g/mol. The topological polar surface area (TPSA) is 54.3 Å². The van der Waals surface area contributed by atoms with Gasteiger partial charge >= 0.3 is 0 Å². The highest BCUT2D eigenvalue weighted by Crippen LogP contribution is 2.32. The molecule has 3 aromatic rings. The fourth-order valence-corrected chi connectivity index (χ4v) is 3.34. The van der Waals surface area contributed by atoms with Crippen molar-refractivity contribution < 1.29 is 9.21 Å². The van der Waals surface area contributed by atoms with E-state index in [1.165, 1.54) is 0 Å². The van der Waals surface area contributed by atoms with Crippen molar-refractivity contribution in [1.29, 1.82) is 0 Å². The average molecular weight is 352 g/mol. The lowest BCUT2D eigenvalue weighted by Gasteiger charge is -2.14. The summed E-state index contributed by atoms with van der Waals surface area (Å²) in [7, 11) is 0. The second-order valence-corrected chi connectivity index (χ2v) is 6.68. The van der Waals surface area contributed by atoms with Crippen molar-refractivity contribution >= 4 is 23.4 Å². The van der Waals surface area contributed by atoms with Gasteiger partial charge in [0.2, 0.25) is 5.91 Å². The number of carbonyl (C=O) groups is 1. The first kappa shape index (κ1) is 17.2. The number of furan rings is 1. The summed E-state index contributed by atoms with van der Waals surface area (Å²) in [6.45, 7) is 2.10. The summed E-state index contributed by atoms with van der Waals surface area (Å²) in [5, 5.41) is 6.14. The van der Waals surface area contributed by atoms with Crippen LogP contribution in [0, 0.1) is 0 Å². The molecule has 1 amide bonds. The number of hydrogen-bond donors (Lipinski definition) is 2. The van der Waals surface area contributed by atoms with Gasteiger partial charge < -0.3 is 15.1 Å². The number of nitrogens with one attached hydrogen (secondary N) is 2. The van der Waals surface area contributed by atoms with Crippen LogP contribution in [0.25, 0.3) is 0 Å². The summed E-state index contributed by atoms with van der Waals surface area (Å²) in [5.41, 5.74) is 0.942. The Morgan fingerprint density at radius 3 is 2.56 bits per heavy atom. The lowest BCUT2D eigenvalue weighted by Crippen LogP contribution is -2.31. The normalized spacial score (nSPS) is 11.7. The molecule has 0 bridgehead atoms. The van der Waals surface area contributed by atoms with Gasteiger partial charge in [-0.15, -0.1) is 0 Å². The van der Waals surface area contributed by atoms with Crippen LogP contribution in [0.2, 0.25) is 0 Å². The van der Waals surface area contributed by atoms with Gasteiger partial charge in [0.1, 0.15) is 5.76 Å². The van der Waals surface area contributed by atoms with Crippen molar-refractivity contribution in [2.45, 2.75) is 22.8 Å². The summed E-state index contributed by atoms with van der Waals surface area (Å²) >= 11 is 1.67. The van der Waals surface area contributed by atoms with E-state index in [1.807, 2.05) is 61.5 Å². The Balaban J connectivity index is 1.58. The summed E-state index contributed by atoms with van der Waals surface area (Å²) in [6.07, 6.45) is 1.60. The van der Waals surface area contributed by atoms with Crippen molar-refractivity contribution in [2.75, 3.05) is 11.9 Å². The molecule has 1 atom stereocenters. The average Bonchev–Trinajstić information content (AvgIpc) is 3.17. The van der Waals surface area contributed by atoms with Crippen LogP contribution >= 0.6 is 11.8 Å². The molecule has 0 spiro atoms. The molecule has 1 heterocycles. The molecule has 0 aliphatic carbocycles. The molecule has 0 saturated heterocycles. The van der Waals surface area contributed by atoms with Crippen LogP contribution in [-0.2, 0) is 4.79 Å². The Hall–Kier alpha value is -2.66. The predicted octanol–water partition coefficient (Wildman–Crippen LogP) is 4.72. The zero-order valence-electron chi connectivity index (χ0n) is 13.9. The van der Waals surface area contributed by atoms with Crippen LogP contribution in [-0.4, -0.2) is 12.5 Å². The Labute approximate surface area is 151 Å². The minimum atomic E-state index is -0.154. The van der Waals surface area contributed by atoms with Gasteiger partial charge in [-0.3, -0.25) is 4.79 Å².